The number of rotatable bonds is 0. The Bertz CT molecular complexity index is 159. The van der Waals surface area contributed by atoms with Crippen LogP contribution in [0.1, 0.15) is 13.8 Å². The second-order valence-corrected chi connectivity index (χ2v) is 3.09. The number of hydrogen-bond acceptors (Lipinski definition) is 4. The van der Waals surface area contributed by atoms with Crippen molar-refractivity contribution in [3.8, 4) is 0 Å². The topological polar surface area (TPSA) is 89.9 Å². The molecule has 0 aromatic rings. The lowest BCUT2D eigenvalue weighted by atomic mass is 10.4. The molecule has 1 heterocycles. The van der Waals surface area contributed by atoms with Gasteiger partial charge in [0.1, 0.15) is 0 Å². The van der Waals surface area contributed by atoms with Crippen LogP contribution in [0.5, 0.6) is 0 Å². The number of piperazine rings is 1. The quantitative estimate of drug-likeness (QED) is 0.519. The molecule has 15 heavy (non-hydrogen) atoms. The predicted molar refractivity (Wildman–Crippen MR) is 57.0 cm³/mol. The Balaban J connectivity index is 0. The van der Waals surface area contributed by atoms with Crippen molar-refractivity contribution in [2.75, 3.05) is 33.2 Å². The first-order chi connectivity index (χ1) is 6.86. The van der Waals surface area contributed by atoms with E-state index in [2.05, 4.69) is 17.3 Å². The van der Waals surface area contributed by atoms with Crippen LogP contribution < -0.4 is 5.32 Å². The zero-order valence-electron chi connectivity index (χ0n) is 9.49. The summed E-state index contributed by atoms with van der Waals surface area (Å²) in [5.41, 5.74) is 0. The molecule has 1 saturated heterocycles. The fraction of sp³-hybridized carbons (Fsp3) is 0.778. The van der Waals surface area contributed by atoms with E-state index in [9.17, 15) is 0 Å². The lowest BCUT2D eigenvalue weighted by molar-refractivity contribution is -0.135. The molecule has 90 valence electrons. The molecular weight excluding hydrogens is 200 g/mol. The molecule has 1 aliphatic rings. The largest absolute Gasteiger partial charge is 0.481 e. The van der Waals surface area contributed by atoms with E-state index in [0.29, 0.717) is 0 Å². The fourth-order valence-electron chi connectivity index (χ4n) is 0.777. The second-order valence-electron chi connectivity index (χ2n) is 3.09. The third-order valence-corrected chi connectivity index (χ3v) is 1.34. The minimum absolute atomic E-state index is 0.833. The van der Waals surface area contributed by atoms with E-state index in [1.54, 1.807) is 0 Å². The number of nitrogens with one attached hydrogen (secondary N) is 1. The van der Waals surface area contributed by atoms with Crippen LogP contribution in [0.15, 0.2) is 0 Å². The van der Waals surface area contributed by atoms with E-state index in [-0.39, 0.29) is 0 Å². The molecule has 0 aromatic heterocycles. The maximum absolute atomic E-state index is 9.00. The number of aliphatic carboxylic acids is 2. The summed E-state index contributed by atoms with van der Waals surface area (Å²) in [7, 11) is 2.15. The summed E-state index contributed by atoms with van der Waals surface area (Å²) in [6.07, 6.45) is 0. The Hall–Kier alpha value is -1.14. The molecule has 0 saturated carbocycles. The molecule has 1 rings (SSSR count). The number of carboxylic acid groups (broad SMARTS) is 2. The van der Waals surface area contributed by atoms with Gasteiger partial charge in [0.2, 0.25) is 0 Å². The maximum atomic E-state index is 9.00. The number of carboxylic acids is 2. The van der Waals surface area contributed by atoms with Gasteiger partial charge in [0.15, 0.2) is 0 Å². The van der Waals surface area contributed by atoms with Crippen LogP contribution in [-0.4, -0.2) is 60.3 Å². The predicted octanol–water partition coefficient (Wildman–Crippen LogP) is -0.297. The molecular formula is C9H20N2O4. The molecule has 6 heteroatoms. The van der Waals surface area contributed by atoms with Crippen LogP contribution in [0, 0.1) is 0 Å². The van der Waals surface area contributed by atoms with E-state index in [1.165, 1.54) is 13.1 Å². The highest BCUT2D eigenvalue weighted by molar-refractivity contribution is 5.63. The standard InChI is InChI=1S/C5H12N2.2C2H4O2/c1-7-4-2-6-3-5-7;2*1-2(3)4/h6H,2-5H2,1H3;2*1H3,(H,3,4). The average Bonchev–Trinajstić information content (AvgIpc) is 2.03. The SMILES string of the molecule is CC(=O)O.CC(=O)O.CN1CCNCC1. The summed E-state index contributed by atoms with van der Waals surface area (Å²) < 4.78 is 0. The number of carbonyl (C=O) groups is 2. The van der Waals surface area contributed by atoms with Crippen LogP contribution in [0.4, 0.5) is 0 Å². The van der Waals surface area contributed by atoms with Crippen LogP contribution in [0.3, 0.4) is 0 Å². The van der Waals surface area contributed by atoms with Crippen LogP contribution >= 0.6 is 0 Å². The van der Waals surface area contributed by atoms with Gasteiger partial charge in [0, 0.05) is 40.0 Å². The smallest absolute Gasteiger partial charge is 0.300 e. The Morgan fingerprint density at radius 1 is 1.07 bits per heavy atom. The van der Waals surface area contributed by atoms with Gasteiger partial charge in [0.05, 0.1) is 0 Å². The zero-order valence-corrected chi connectivity index (χ0v) is 9.49. The minimum Gasteiger partial charge on any atom is -0.481 e. The average molecular weight is 220 g/mol. The van der Waals surface area contributed by atoms with Crippen molar-refractivity contribution in [3.63, 3.8) is 0 Å². The van der Waals surface area contributed by atoms with Crippen molar-refractivity contribution >= 4 is 11.9 Å². The summed E-state index contributed by atoms with van der Waals surface area (Å²) >= 11 is 0. The fourth-order valence-corrected chi connectivity index (χ4v) is 0.777. The first-order valence-corrected chi connectivity index (χ1v) is 4.64. The lowest BCUT2D eigenvalue weighted by Gasteiger charge is -2.21. The van der Waals surface area contributed by atoms with Gasteiger partial charge in [-0.15, -0.1) is 0 Å². The number of likely N-dealkylation sites (N-methyl/N-ethyl adjacent to an activating group) is 1. The van der Waals surface area contributed by atoms with Crippen LogP contribution in [-0.2, 0) is 9.59 Å². The van der Waals surface area contributed by atoms with Gasteiger partial charge in [-0.2, -0.15) is 0 Å². The molecule has 0 atom stereocenters. The van der Waals surface area contributed by atoms with Crippen molar-refractivity contribution in [1.29, 1.82) is 0 Å². The van der Waals surface area contributed by atoms with Gasteiger partial charge in [-0.1, -0.05) is 0 Å². The second kappa shape index (κ2) is 10.9. The summed E-state index contributed by atoms with van der Waals surface area (Å²) in [4.78, 5) is 20.3. The van der Waals surface area contributed by atoms with Gasteiger partial charge in [-0.05, 0) is 7.05 Å². The number of nitrogens with zero attached hydrogens (tertiary/aromatic N) is 1. The highest BCUT2D eigenvalue weighted by Crippen LogP contribution is 1.83. The molecule has 0 amide bonds. The number of hydrogen-bond donors (Lipinski definition) is 3. The summed E-state index contributed by atoms with van der Waals surface area (Å²) in [6, 6.07) is 0. The molecule has 3 N–H and O–H groups in total. The molecule has 1 fully saturated rings. The molecule has 0 unspecified atom stereocenters. The Labute approximate surface area is 89.9 Å². The zero-order chi connectivity index (χ0) is 12.3. The summed E-state index contributed by atoms with van der Waals surface area (Å²) in [6.45, 7) is 6.91. The van der Waals surface area contributed by atoms with Gasteiger partial charge in [0.25, 0.3) is 11.9 Å². The Morgan fingerprint density at radius 2 is 1.33 bits per heavy atom. The van der Waals surface area contributed by atoms with Gasteiger partial charge in [-0.3, -0.25) is 9.59 Å². The third kappa shape index (κ3) is 32.2. The highest BCUT2D eigenvalue weighted by Gasteiger charge is 2.01. The van der Waals surface area contributed by atoms with Crippen molar-refractivity contribution in [2.45, 2.75) is 13.8 Å². The van der Waals surface area contributed by atoms with Crippen molar-refractivity contribution in [1.82, 2.24) is 10.2 Å². The monoisotopic (exact) mass is 220 g/mol. The van der Waals surface area contributed by atoms with E-state index in [0.717, 1.165) is 26.9 Å². The van der Waals surface area contributed by atoms with Crippen LogP contribution in [0.25, 0.3) is 0 Å². The summed E-state index contributed by atoms with van der Waals surface area (Å²) in [5.74, 6) is -1.67. The first-order valence-electron chi connectivity index (χ1n) is 4.64. The van der Waals surface area contributed by atoms with E-state index in [1.807, 2.05) is 0 Å². The normalized spacial score (nSPS) is 15.1. The Kier molecular flexibility index (Phi) is 11.9. The van der Waals surface area contributed by atoms with Gasteiger partial charge < -0.3 is 20.4 Å². The molecule has 6 nitrogen and oxygen atoms in total. The van der Waals surface area contributed by atoms with Crippen molar-refractivity contribution in [3.05, 3.63) is 0 Å². The Morgan fingerprint density at radius 3 is 1.47 bits per heavy atom. The van der Waals surface area contributed by atoms with Crippen LogP contribution in [0.2, 0.25) is 0 Å². The summed E-state index contributed by atoms with van der Waals surface area (Å²) in [5, 5.41) is 18.1. The van der Waals surface area contributed by atoms with E-state index < -0.39 is 11.9 Å². The highest BCUT2D eigenvalue weighted by atomic mass is 16.4. The molecule has 0 aromatic carbocycles. The van der Waals surface area contributed by atoms with Gasteiger partial charge in [-0.25, -0.2) is 0 Å². The third-order valence-electron chi connectivity index (χ3n) is 1.34. The van der Waals surface area contributed by atoms with Gasteiger partial charge >= 0.3 is 0 Å². The molecule has 0 aliphatic carbocycles. The molecule has 0 spiro atoms. The molecule has 0 bridgehead atoms. The van der Waals surface area contributed by atoms with Crippen molar-refractivity contribution < 1.29 is 19.8 Å². The molecule has 0 radical (unpaired) electrons. The van der Waals surface area contributed by atoms with Crippen molar-refractivity contribution in [2.24, 2.45) is 0 Å². The maximum Gasteiger partial charge on any atom is 0.300 e. The minimum atomic E-state index is -0.833. The van der Waals surface area contributed by atoms with E-state index in [4.69, 9.17) is 19.8 Å². The van der Waals surface area contributed by atoms with E-state index >= 15 is 0 Å². The first kappa shape index (κ1) is 16.3. The molecule has 1 aliphatic heterocycles. The lowest BCUT2D eigenvalue weighted by Crippen LogP contribution is -2.40.